The van der Waals surface area contributed by atoms with Gasteiger partial charge in [-0.05, 0) is 31.4 Å². The molecular formula is C27H38O6. The van der Waals surface area contributed by atoms with Gasteiger partial charge in [0.25, 0.3) is 0 Å². The van der Waals surface area contributed by atoms with Crippen molar-refractivity contribution >= 4 is 16.9 Å². The maximum atomic E-state index is 12.7. The number of esters is 1. The Morgan fingerprint density at radius 1 is 0.909 bits per heavy atom. The van der Waals surface area contributed by atoms with Crippen LogP contribution in [-0.2, 0) is 4.79 Å². The fraction of sp³-hybridized carbons (Fsp3) is 0.556. The van der Waals surface area contributed by atoms with Crippen molar-refractivity contribution in [3.63, 3.8) is 0 Å². The van der Waals surface area contributed by atoms with Crippen LogP contribution < -0.4 is 19.8 Å². The lowest BCUT2D eigenvalue weighted by Gasteiger charge is -2.15. The van der Waals surface area contributed by atoms with Crippen molar-refractivity contribution in [2.24, 2.45) is 0 Å². The van der Waals surface area contributed by atoms with Gasteiger partial charge in [-0.15, -0.1) is 0 Å². The van der Waals surface area contributed by atoms with E-state index in [-0.39, 0.29) is 22.8 Å². The number of allylic oxidation sites excluding steroid dienone is 1. The maximum absolute atomic E-state index is 12.7. The van der Waals surface area contributed by atoms with Gasteiger partial charge in [0, 0.05) is 6.92 Å². The summed E-state index contributed by atoms with van der Waals surface area (Å²) in [5, 5.41) is 0.428. The number of carbonyl (C=O) groups excluding carboxylic acids is 1. The second kappa shape index (κ2) is 15.1. The molecule has 0 saturated carbocycles. The zero-order valence-corrected chi connectivity index (χ0v) is 20.3. The average Bonchev–Trinajstić information content (AvgIpc) is 2.78. The van der Waals surface area contributed by atoms with Crippen LogP contribution in [0.4, 0.5) is 0 Å². The Hall–Kier alpha value is -2.76. The lowest BCUT2D eigenvalue weighted by molar-refractivity contribution is -0.131. The van der Waals surface area contributed by atoms with E-state index in [1.165, 1.54) is 39.0 Å². The number of hydrogen-bond donors (Lipinski definition) is 0. The van der Waals surface area contributed by atoms with Crippen LogP contribution in [0.1, 0.15) is 85.0 Å². The van der Waals surface area contributed by atoms with Gasteiger partial charge in [0.15, 0.2) is 5.75 Å². The Morgan fingerprint density at radius 3 is 2.30 bits per heavy atom. The van der Waals surface area contributed by atoms with Crippen LogP contribution in [0.3, 0.4) is 0 Å². The lowest BCUT2D eigenvalue weighted by Crippen LogP contribution is -2.12. The summed E-state index contributed by atoms with van der Waals surface area (Å²) < 4.78 is 22.7. The second-order valence-electron chi connectivity index (χ2n) is 8.11. The Kier molecular flexibility index (Phi) is 12.2. The zero-order chi connectivity index (χ0) is 23.9. The third-order valence-electron chi connectivity index (χ3n) is 5.24. The Labute approximate surface area is 196 Å². The monoisotopic (exact) mass is 458 g/mol. The molecule has 1 aromatic heterocycles. The summed E-state index contributed by atoms with van der Waals surface area (Å²) in [5.41, 5.74) is -0.307. The summed E-state index contributed by atoms with van der Waals surface area (Å²) >= 11 is 0. The summed E-state index contributed by atoms with van der Waals surface area (Å²) in [6.07, 6.45) is 15.1. The van der Waals surface area contributed by atoms with E-state index in [0.29, 0.717) is 25.0 Å². The van der Waals surface area contributed by atoms with Crippen LogP contribution in [0.2, 0.25) is 0 Å². The van der Waals surface area contributed by atoms with Gasteiger partial charge in [-0.1, -0.05) is 77.0 Å². The van der Waals surface area contributed by atoms with E-state index in [0.717, 1.165) is 25.7 Å². The molecular weight excluding hydrogens is 420 g/mol. The van der Waals surface area contributed by atoms with E-state index in [1.807, 2.05) is 6.08 Å². The lowest BCUT2D eigenvalue weighted by atomic mass is 10.1. The molecule has 0 aliphatic rings. The molecule has 0 unspecified atom stereocenters. The molecule has 1 heterocycles. The first kappa shape index (κ1) is 26.5. The third-order valence-corrected chi connectivity index (χ3v) is 5.24. The number of fused-ring (bicyclic) bond motifs is 1. The highest BCUT2D eigenvalue weighted by atomic mass is 16.5. The molecule has 0 aliphatic carbocycles. The van der Waals surface area contributed by atoms with Gasteiger partial charge < -0.3 is 18.6 Å². The molecule has 0 fully saturated rings. The van der Waals surface area contributed by atoms with Crippen LogP contribution in [0.25, 0.3) is 11.0 Å². The highest BCUT2D eigenvalue weighted by molar-refractivity contribution is 5.93. The Balaban J connectivity index is 2.16. The molecule has 0 aliphatic heterocycles. The highest BCUT2D eigenvalue weighted by Crippen LogP contribution is 2.39. The molecule has 0 spiro atoms. The van der Waals surface area contributed by atoms with E-state index in [2.05, 4.69) is 19.9 Å². The molecule has 0 atom stereocenters. The van der Waals surface area contributed by atoms with Crippen molar-refractivity contribution in [2.75, 3.05) is 13.2 Å². The number of rotatable bonds is 16. The molecule has 2 rings (SSSR count). The summed E-state index contributed by atoms with van der Waals surface area (Å²) in [4.78, 5) is 24.3. The van der Waals surface area contributed by atoms with E-state index < -0.39 is 11.6 Å². The normalized spacial score (nSPS) is 11.2. The smallest absolute Gasteiger partial charge is 0.383 e. The highest BCUT2D eigenvalue weighted by Gasteiger charge is 2.21. The number of carbonyl (C=O) groups is 1. The zero-order valence-electron chi connectivity index (χ0n) is 20.3. The van der Waals surface area contributed by atoms with Crippen LogP contribution in [0.5, 0.6) is 17.2 Å². The molecule has 0 radical (unpaired) electrons. The fourth-order valence-corrected chi connectivity index (χ4v) is 3.60. The van der Waals surface area contributed by atoms with Crippen LogP contribution in [-0.4, -0.2) is 19.2 Å². The van der Waals surface area contributed by atoms with Gasteiger partial charge in [-0.25, -0.2) is 4.79 Å². The van der Waals surface area contributed by atoms with Crippen molar-refractivity contribution in [1.29, 1.82) is 0 Å². The van der Waals surface area contributed by atoms with E-state index >= 15 is 0 Å². The SMILES string of the molecule is CC/C=C/CCOc1c(OCCCCCCCCCC)c(=O)oc2cccc(OC(C)=O)c12. The third kappa shape index (κ3) is 8.95. The van der Waals surface area contributed by atoms with Crippen molar-refractivity contribution < 1.29 is 23.4 Å². The predicted octanol–water partition coefficient (Wildman–Crippen LogP) is 6.97. The molecule has 0 saturated heterocycles. The van der Waals surface area contributed by atoms with Crippen molar-refractivity contribution in [1.82, 2.24) is 0 Å². The average molecular weight is 459 g/mol. The quantitative estimate of drug-likeness (QED) is 0.0888. The standard InChI is InChI=1S/C27H38O6/c1-4-6-8-10-11-12-13-15-20-31-26-25(30-19-14-9-7-5-2)24-22(32-21(3)28)17-16-18-23(24)33-27(26)29/h7,9,16-18H,4-6,8,10-15,19-20H2,1-3H3/b9-7+. The van der Waals surface area contributed by atoms with Crippen molar-refractivity contribution in [3.05, 3.63) is 40.8 Å². The van der Waals surface area contributed by atoms with Crippen molar-refractivity contribution in [2.45, 2.75) is 85.0 Å². The first-order valence-electron chi connectivity index (χ1n) is 12.3. The molecule has 182 valence electrons. The second-order valence-corrected chi connectivity index (χ2v) is 8.11. The van der Waals surface area contributed by atoms with Crippen LogP contribution >= 0.6 is 0 Å². The number of unbranched alkanes of at least 4 members (excludes halogenated alkanes) is 7. The van der Waals surface area contributed by atoms with Gasteiger partial charge in [0.2, 0.25) is 5.75 Å². The largest absolute Gasteiger partial charge is 0.488 e. The van der Waals surface area contributed by atoms with Crippen LogP contribution in [0, 0.1) is 0 Å². The maximum Gasteiger partial charge on any atom is 0.383 e. The van der Waals surface area contributed by atoms with Crippen LogP contribution in [0.15, 0.2) is 39.6 Å². The van der Waals surface area contributed by atoms with E-state index in [9.17, 15) is 9.59 Å². The number of benzene rings is 1. The van der Waals surface area contributed by atoms with Gasteiger partial charge >= 0.3 is 11.6 Å². The van der Waals surface area contributed by atoms with E-state index in [1.54, 1.807) is 18.2 Å². The predicted molar refractivity (Wildman–Crippen MR) is 131 cm³/mol. The Bertz CT molecular complexity index is 944. The summed E-state index contributed by atoms with van der Waals surface area (Å²) in [6.45, 7) is 6.36. The molecule has 0 amide bonds. The minimum atomic E-state index is -0.596. The summed E-state index contributed by atoms with van der Waals surface area (Å²) in [7, 11) is 0. The molecule has 33 heavy (non-hydrogen) atoms. The first-order valence-corrected chi connectivity index (χ1v) is 12.3. The van der Waals surface area contributed by atoms with Gasteiger partial charge in [-0.3, -0.25) is 4.79 Å². The van der Waals surface area contributed by atoms with Gasteiger partial charge in [-0.2, -0.15) is 0 Å². The Morgan fingerprint density at radius 2 is 1.61 bits per heavy atom. The molecule has 2 aromatic rings. The molecule has 1 aromatic carbocycles. The van der Waals surface area contributed by atoms with E-state index in [4.69, 9.17) is 18.6 Å². The number of hydrogen-bond acceptors (Lipinski definition) is 6. The molecule has 6 nitrogen and oxygen atoms in total. The number of ether oxygens (including phenoxy) is 3. The van der Waals surface area contributed by atoms with Crippen molar-refractivity contribution in [3.8, 4) is 17.2 Å². The minimum absolute atomic E-state index is 0.0320. The minimum Gasteiger partial charge on any atom is -0.488 e. The van der Waals surface area contributed by atoms with Gasteiger partial charge in [0.1, 0.15) is 16.7 Å². The first-order chi connectivity index (χ1) is 16.1. The summed E-state index contributed by atoms with van der Waals surface area (Å²) in [5.74, 6) is 0.110. The van der Waals surface area contributed by atoms with Gasteiger partial charge in [0.05, 0.1) is 13.2 Å². The molecule has 0 bridgehead atoms. The fourth-order valence-electron chi connectivity index (χ4n) is 3.60. The topological polar surface area (TPSA) is 75.0 Å². The molecule has 0 N–H and O–H groups in total. The summed E-state index contributed by atoms with van der Waals surface area (Å²) in [6, 6.07) is 4.96. The molecule has 6 heteroatoms.